The highest BCUT2D eigenvalue weighted by molar-refractivity contribution is 6.33. The van der Waals surface area contributed by atoms with Crippen LogP contribution in [0.15, 0.2) is 24.3 Å². The largest absolute Gasteiger partial charge is 0.372 e. The number of benzene rings is 1. The summed E-state index contributed by atoms with van der Waals surface area (Å²) in [5, 5.41) is 0.798. The second kappa shape index (κ2) is 7.94. The third-order valence-corrected chi connectivity index (χ3v) is 5.63. The lowest BCUT2D eigenvalue weighted by Gasteiger charge is -2.40. The first-order chi connectivity index (χ1) is 12.0. The van der Waals surface area contributed by atoms with E-state index in [-0.39, 0.29) is 24.2 Å². The number of amides is 1. The summed E-state index contributed by atoms with van der Waals surface area (Å²) >= 11 is 6.31. The molecule has 0 saturated carbocycles. The number of hydrogen-bond acceptors (Lipinski definition) is 3. The van der Waals surface area contributed by atoms with Crippen molar-refractivity contribution in [2.24, 2.45) is 0 Å². The van der Waals surface area contributed by atoms with Crippen LogP contribution in [0.2, 0.25) is 5.02 Å². The van der Waals surface area contributed by atoms with E-state index in [9.17, 15) is 4.79 Å². The number of nitrogens with one attached hydrogen (secondary N) is 1. The molecule has 25 heavy (non-hydrogen) atoms. The number of morpholine rings is 1. The molecule has 0 bridgehead atoms. The molecular formula is C19H29ClN3O2+. The molecule has 2 saturated heterocycles. The van der Waals surface area contributed by atoms with Gasteiger partial charge in [0.05, 0.1) is 49.1 Å². The van der Waals surface area contributed by atoms with Gasteiger partial charge in [0.2, 0.25) is 0 Å². The Balaban J connectivity index is 1.57. The van der Waals surface area contributed by atoms with Gasteiger partial charge in [-0.05, 0) is 32.9 Å². The summed E-state index contributed by atoms with van der Waals surface area (Å²) in [5.41, 5.74) is 1.10. The number of carbonyl (C=O) groups excluding carboxylic acids is 1. The predicted octanol–water partition coefficient (Wildman–Crippen LogP) is 1.07. The number of quaternary nitrogens is 1. The minimum atomic E-state index is -0.00843. The van der Waals surface area contributed by atoms with Gasteiger partial charge in [-0.2, -0.15) is 0 Å². The predicted molar refractivity (Wildman–Crippen MR) is 100 cm³/mol. The van der Waals surface area contributed by atoms with Crippen LogP contribution in [0.3, 0.4) is 0 Å². The first-order valence-electron chi connectivity index (χ1n) is 9.24. The number of hydrogen-bond donors (Lipinski definition) is 1. The lowest BCUT2D eigenvalue weighted by atomic mass is 10.1. The maximum Gasteiger partial charge on any atom is 0.280 e. The van der Waals surface area contributed by atoms with Gasteiger partial charge in [-0.1, -0.05) is 23.7 Å². The van der Waals surface area contributed by atoms with Crippen molar-refractivity contribution in [3.8, 4) is 0 Å². The van der Waals surface area contributed by atoms with Crippen LogP contribution in [-0.2, 0) is 9.53 Å². The lowest BCUT2D eigenvalue weighted by molar-refractivity contribution is -0.915. The zero-order valence-corrected chi connectivity index (χ0v) is 16.1. The molecule has 0 unspecified atom stereocenters. The summed E-state index contributed by atoms with van der Waals surface area (Å²) in [6, 6.07) is 7.97. The molecule has 1 N–H and O–H groups in total. The van der Waals surface area contributed by atoms with Gasteiger partial charge in [0.25, 0.3) is 5.91 Å². The van der Waals surface area contributed by atoms with E-state index in [0.717, 1.165) is 36.9 Å². The topological polar surface area (TPSA) is 37.2 Å². The molecule has 0 aliphatic carbocycles. The van der Waals surface area contributed by atoms with Crippen LogP contribution in [0.4, 0.5) is 5.69 Å². The van der Waals surface area contributed by atoms with Gasteiger partial charge >= 0.3 is 0 Å². The Morgan fingerprint density at radius 2 is 1.80 bits per heavy atom. The maximum atomic E-state index is 12.9. The zero-order chi connectivity index (χ0) is 18.0. The average molecular weight is 367 g/mol. The van der Waals surface area contributed by atoms with Crippen LogP contribution in [0.1, 0.15) is 20.8 Å². The van der Waals surface area contributed by atoms with E-state index in [1.54, 1.807) is 0 Å². The van der Waals surface area contributed by atoms with Crippen molar-refractivity contribution in [1.82, 2.24) is 4.90 Å². The molecule has 5 nitrogen and oxygen atoms in total. The van der Waals surface area contributed by atoms with E-state index in [1.807, 2.05) is 36.9 Å². The van der Waals surface area contributed by atoms with E-state index in [0.29, 0.717) is 13.1 Å². The van der Waals surface area contributed by atoms with Crippen molar-refractivity contribution in [3.05, 3.63) is 29.3 Å². The second-order valence-corrected chi connectivity index (χ2v) is 7.73. The van der Waals surface area contributed by atoms with E-state index in [1.165, 1.54) is 4.90 Å². The van der Waals surface area contributed by atoms with Gasteiger partial charge in [-0.25, -0.2) is 0 Å². The van der Waals surface area contributed by atoms with Crippen molar-refractivity contribution in [2.75, 3.05) is 44.2 Å². The number of anilines is 1. The van der Waals surface area contributed by atoms with Gasteiger partial charge in [-0.15, -0.1) is 0 Å². The number of nitrogens with zero attached hydrogens (tertiary/aromatic N) is 2. The maximum absolute atomic E-state index is 12.9. The van der Waals surface area contributed by atoms with Crippen LogP contribution >= 0.6 is 11.6 Å². The summed E-state index contributed by atoms with van der Waals surface area (Å²) in [4.78, 5) is 18.6. The minimum Gasteiger partial charge on any atom is -0.372 e. The quantitative estimate of drug-likeness (QED) is 0.869. The van der Waals surface area contributed by atoms with E-state index < -0.39 is 0 Å². The molecule has 1 aromatic rings. The molecular weight excluding hydrogens is 338 g/mol. The fraction of sp³-hybridized carbons (Fsp3) is 0.632. The fourth-order valence-corrected chi connectivity index (χ4v) is 4.24. The van der Waals surface area contributed by atoms with Gasteiger partial charge in [0, 0.05) is 13.1 Å². The summed E-state index contributed by atoms with van der Waals surface area (Å²) < 4.78 is 5.75. The molecule has 0 radical (unpaired) electrons. The monoisotopic (exact) mass is 366 g/mol. The van der Waals surface area contributed by atoms with Crippen LogP contribution in [0, 0.1) is 0 Å². The minimum absolute atomic E-state index is 0.00843. The highest BCUT2D eigenvalue weighted by Crippen LogP contribution is 2.24. The number of carbonyl (C=O) groups is 1. The summed E-state index contributed by atoms with van der Waals surface area (Å²) in [6.45, 7) is 11.3. The van der Waals surface area contributed by atoms with Gasteiger partial charge < -0.3 is 19.4 Å². The van der Waals surface area contributed by atoms with Gasteiger partial charge in [0.1, 0.15) is 0 Å². The van der Waals surface area contributed by atoms with Crippen LogP contribution in [0.5, 0.6) is 0 Å². The van der Waals surface area contributed by atoms with E-state index in [4.69, 9.17) is 16.3 Å². The smallest absolute Gasteiger partial charge is 0.280 e. The van der Waals surface area contributed by atoms with Crippen LogP contribution < -0.4 is 9.80 Å². The summed E-state index contributed by atoms with van der Waals surface area (Å²) in [6.07, 6.45) is 0.235. The number of piperazine rings is 1. The molecule has 2 heterocycles. The molecule has 1 amide bonds. The van der Waals surface area contributed by atoms with Crippen LogP contribution in [0.25, 0.3) is 0 Å². The normalized spacial score (nSPS) is 26.6. The highest BCUT2D eigenvalue weighted by atomic mass is 35.5. The van der Waals surface area contributed by atoms with Gasteiger partial charge in [-0.3, -0.25) is 4.79 Å². The van der Waals surface area contributed by atoms with Crippen molar-refractivity contribution >= 4 is 23.2 Å². The van der Waals surface area contributed by atoms with Crippen molar-refractivity contribution in [3.63, 3.8) is 0 Å². The summed E-state index contributed by atoms with van der Waals surface area (Å²) in [7, 11) is 0. The standard InChI is InChI=1S/C19H28ClN3O2/c1-14-12-23(13-15(2)25-14)19(24)16(3)21-8-10-22(11-9-21)18-7-5-4-6-17(18)20/h4-7,14-16H,8-13H2,1-3H3/p+1/t14-,15-,16-/m1/s1. The molecule has 3 rings (SSSR count). The van der Waals surface area contributed by atoms with Gasteiger partial charge in [0.15, 0.2) is 6.04 Å². The Morgan fingerprint density at radius 3 is 2.40 bits per heavy atom. The average Bonchev–Trinajstić information content (AvgIpc) is 2.60. The van der Waals surface area contributed by atoms with E-state index in [2.05, 4.69) is 17.9 Å². The van der Waals surface area contributed by atoms with Crippen LogP contribution in [-0.4, -0.2) is 68.3 Å². The molecule has 2 fully saturated rings. The molecule has 138 valence electrons. The Labute approximate surface area is 155 Å². The third-order valence-electron chi connectivity index (χ3n) is 5.31. The Kier molecular flexibility index (Phi) is 5.87. The third kappa shape index (κ3) is 4.27. The van der Waals surface area contributed by atoms with E-state index >= 15 is 0 Å². The number of halogens is 1. The zero-order valence-electron chi connectivity index (χ0n) is 15.4. The molecule has 0 spiro atoms. The fourth-order valence-electron chi connectivity index (χ4n) is 3.98. The first-order valence-corrected chi connectivity index (χ1v) is 9.61. The first kappa shape index (κ1) is 18.5. The Bertz CT molecular complexity index is 594. The number of para-hydroxylation sites is 1. The molecule has 3 atom stereocenters. The SMILES string of the molecule is C[C@@H]1CN(C(=O)[C@@H](C)[NH+]2CCN(c3ccccc3Cl)CC2)C[C@@H](C)O1. The van der Waals surface area contributed by atoms with Crippen molar-refractivity contribution < 1.29 is 14.4 Å². The molecule has 2 aliphatic heterocycles. The lowest BCUT2D eigenvalue weighted by Crippen LogP contribution is -3.19. The van der Waals surface area contributed by atoms with Crippen molar-refractivity contribution in [1.29, 1.82) is 0 Å². The Morgan fingerprint density at radius 1 is 1.20 bits per heavy atom. The molecule has 2 aliphatic rings. The number of ether oxygens (including phenoxy) is 1. The molecule has 0 aromatic heterocycles. The second-order valence-electron chi connectivity index (χ2n) is 7.32. The molecule has 6 heteroatoms. The summed E-state index contributed by atoms with van der Waals surface area (Å²) in [5.74, 6) is 0.253. The molecule has 1 aromatic carbocycles. The Hall–Kier alpha value is -1.30. The number of rotatable bonds is 3. The van der Waals surface area contributed by atoms with Crippen molar-refractivity contribution in [2.45, 2.75) is 39.0 Å². The highest BCUT2D eigenvalue weighted by Gasteiger charge is 2.35.